The third-order valence-corrected chi connectivity index (χ3v) is 1.97. The largest absolute Gasteiger partial charge is 0.376 e. The molecule has 0 aliphatic carbocycles. The molecule has 78 valence electrons. The fourth-order valence-corrected chi connectivity index (χ4v) is 1.05. The van der Waals surface area contributed by atoms with Crippen molar-refractivity contribution in [1.82, 2.24) is 4.90 Å². The first-order chi connectivity index (χ1) is 7.13. The lowest BCUT2D eigenvalue weighted by molar-refractivity contribution is -0.126. The Balaban J connectivity index is 2.59. The fraction of sp³-hybridized carbons (Fsp3) is 0.250. The molecule has 1 rings (SSSR count). The summed E-state index contributed by atoms with van der Waals surface area (Å²) in [6, 6.07) is 7.42. The molecule has 1 amide bonds. The van der Waals surface area contributed by atoms with E-state index >= 15 is 0 Å². The molecule has 0 aromatic heterocycles. The van der Waals surface area contributed by atoms with Gasteiger partial charge in [0.15, 0.2) is 0 Å². The Hall–Kier alpha value is -1.95. The van der Waals surface area contributed by atoms with Crippen molar-refractivity contribution in [1.29, 1.82) is 0 Å². The zero-order valence-corrected chi connectivity index (χ0v) is 8.95. The number of carbonyl (C=O) groups is 1. The Morgan fingerprint density at radius 2 is 2.27 bits per heavy atom. The van der Waals surface area contributed by atoms with Crippen molar-refractivity contribution in [2.75, 3.05) is 26.0 Å². The molecule has 1 aromatic carbocycles. The smallest absolute Gasteiger partial charge is 0.241 e. The van der Waals surface area contributed by atoms with Crippen LogP contribution in [0.25, 0.3) is 0 Å². The molecule has 0 aliphatic heterocycles. The maximum Gasteiger partial charge on any atom is 0.241 e. The molecule has 0 atom stereocenters. The Bertz CT molecular complexity index is 391. The Kier molecular flexibility index (Phi) is 3.75. The predicted octanol–water partition coefficient (Wildman–Crippen LogP) is 1.17. The van der Waals surface area contributed by atoms with Crippen LogP contribution in [0.5, 0.6) is 0 Å². The highest BCUT2D eigenvalue weighted by atomic mass is 16.2. The van der Waals surface area contributed by atoms with Crippen molar-refractivity contribution < 1.29 is 4.79 Å². The number of benzene rings is 1. The van der Waals surface area contributed by atoms with Crippen molar-refractivity contribution in [3.63, 3.8) is 0 Å². The number of nitrogens with zero attached hydrogens (tertiary/aromatic N) is 1. The maximum atomic E-state index is 11.3. The second-order valence-electron chi connectivity index (χ2n) is 3.37. The van der Waals surface area contributed by atoms with Crippen LogP contribution in [-0.2, 0) is 4.79 Å². The first-order valence-corrected chi connectivity index (χ1v) is 4.64. The van der Waals surface area contributed by atoms with Crippen molar-refractivity contribution in [3.8, 4) is 12.3 Å². The van der Waals surface area contributed by atoms with E-state index in [0.717, 1.165) is 11.3 Å². The zero-order chi connectivity index (χ0) is 11.3. The van der Waals surface area contributed by atoms with Gasteiger partial charge in [-0.1, -0.05) is 12.0 Å². The molecular formula is C12H14N2O. The van der Waals surface area contributed by atoms with Crippen LogP contribution in [0.2, 0.25) is 0 Å². The van der Waals surface area contributed by atoms with Gasteiger partial charge in [-0.2, -0.15) is 0 Å². The molecule has 0 unspecified atom stereocenters. The van der Waals surface area contributed by atoms with E-state index in [-0.39, 0.29) is 12.5 Å². The molecule has 0 heterocycles. The molecule has 1 aromatic rings. The highest BCUT2D eigenvalue weighted by Gasteiger charge is 2.02. The minimum atomic E-state index is 0.0288. The van der Waals surface area contributed by atoms with Crippen molar-refractivity contribution in [2.24, 2.45) is 0 Å². The summed E-state index contributed by atoms with van der Waals surface area (Å²) in [5.41, 5.74) is 1.66. The van der Waals surface area contributed by atoms with Gasteiger partial charge in [0.1, 0.15) is 0 Å². The summed E-state index contributed by atoms with van der Waals surface area (Å²) in [5, 5.41) is 3.01. The van der Waals surface area contributed by atoms with Gasteiger partial charge >= 0.3 is 0 Å². The van der Waals surface area contributed by atoms with Gasteiger partial charge < -0.3 is 10.2 Å². The van der Waals surface area contributed by atoms with Crippen LogP contribution < -0.4 is 5.32 Å². The van der Waals surface area contributed by atoms with Gasteiger partial charge in [-0.25, -0.2) is 0 Å². The van der Waals surface area contributed by atoms with Crippen LogP contribution in [0.1, 0.15) is 5.56 Å². The molecule has 0 saturated carbocycles. The summed E-state index contributed by atoms with van der Waals surface area (Å²) >= 11 is 0. The summed E-state index contributed by atoms with van der Waals surface area (Å²) in [7, 11) is 3.45. The van der Waals surface area contributed by atoms with E-state index in [0.29, 0.717) is 0 Å². The standard InChI is InChI=1S/C12H14N2O/c1-4-10-6-5-7-11(8-10)13-9-12(15)14(2)3/h1,5-8,13H,9H2,2-3H3. The molecule has 0 bridgehead atoms. The summed E-state index contributed by atoms with van der Waals surface area (Å²) in [6.45, 7) is 0.279. The minimum absolute atomic E-state index is 0.0288. The van der Waals surface area contributed by atoms with Gasteiger partial charge in [0.05, 0.1) is 6.54 Å². The fourth-order valence-electron chi connectivity index (χ4n) is 1.05. The van der Waals surface area contributed by atoms with E-state index in [2.05, 4.69) is 11.2 Å². The third-order valence-electron chi connectivity index (χ3n) is 1.97. The molecule has 1 N–H and O–H groups in total. The average molecular weight is 202 g/mol. The van der Waals surface area contributed by atoms with E-state index < -0.39 is 0 Å². The molecular weight excluding hydrogens is 188 g/mol. The van der Waals surface area contributed by atoms with Gasteiger partial charge in [-0.15, -0.1) is 6.42 Å². The zero-order valence-electron chi connectivity index (χ0n) is 8.95. The predicted molar refractivity (Wildman–Crippen MR) is 61.6 cm³/mol. The molecule has 0 saturated heterocycles. The lowest BCUT2D eigenvalue weighted by atomic mass is 10.2. The summed E-state index contributed by atoms with van der Waals surface area (Å²) < 4.78 is 0. The number of hydrogen-bond donors (Lipinski definition) is 1. The van der Waals surface area contributed by atoms with Crippen molar-refractivity contribution in [2.45, 2.75) is 0 Å². The number of rotatable bonds is 3. The first-order valence-electron chi connectivity index (χ1n) is 4.64. The van der Waals surface area contributed by atoms with Crippen LogP contribution in [-0.4, -0.2) is 31.4 Å². The van der Waals surface area contributed by atoms with Gasteiger partial charge in [-0.3, -0.25) is 4.79 Å². The molecule has 3 heteroatoms. The molecule has 0 aliphatic rings. The van der Waals surface area contributed by atoms with Crippen LogP contribution in [0.15, 0.2) is 24.3 Å². The van der Waals surface area contributed by atoms with Gasteiger partial charge in [0.25, 0.3) is 0 Å². The summed E-state index contributed by atoms with van der Waals surface area (Å²) in [5.74, 6) is 2.57. The highest BCUT2D eigenvalue weighted by molar-refractivity contribution is 5.80. The van der Waals surface area contributed by atoms with Gasteiger partial charge in [0, 0.05) is 25.3 Å². The van der Waals surface area contributed by atoms with Gasteiger partial charge in [-0.05, 0) is 18.2 Å². The lowest BCUT2D eigenvalue weighted by Crippen LogP contribution is -2.28. The second kappa shape index (κ2) is 5.06. The second-order valence-corrected chi connectivity index (χ2v) is 3.37. The van der Waals surface area contributed by atoms with E-state index in [9.17, 15) is 4.79 Å². The minimum Gasteiger partial charge on any atom is -0.376 e. The quantitative estimate of drug-likeness (QED) is 0.746. The third kappa shape index (κ3) is 3.35. The van der Waals surface area contributed by atoms with Crippen molar-refractivity contribution in [3.05, 3.63) is 29.8 Å². The highest BCUT2D eigenvalue weighted by Crippen LogP contribution is 2.08. The number of carbonyl (C=O) groups excluding carboxylic acids is 1. The van der Waals surface area contributed by atoms with E-state index in [1.54, 1.807) is 14.1 Å². The monoisotopic (exact) mass is 202 g/mol. The molecule has 15 heavy (non-hydrogen) atoms. The van der Waals surface area contributed by atoms with E-state index in [1.165, 1.54) is 4.90 Å². The van der Waals surface area contributed by atoms with E-state index in [1.807, 2.05) is 24.3 Å². The SMILES string of the molecule is C#Cc1cccc(NCC(=O)N(C)C)c1. The number of terminal acetylenes is 1. The molecule has 0 radical (unpaired) electrons. The van der Waals surface area contributed by atoms with Crippen LogP contribution in [0.4, 0.5) is 5.69 Å². The number of hydrogen-bond acceptors (Lipinski definition) is 2. The number of nitrogens with one attached hydrogen (secondary N) is 1. The van der Waals surface area contributed by atoms with Crippen molar-refractivity contribution >= 4 is 11.6 Å². The average Bonchev–Trinajstić information content (AvgIpc) is 2.26. The summed E-state index contributed by atoms with van der Waals surface area (Å²) in [6.07, 6.45) is 5.27. The molecule has 0 fully saturated rings. The maximum absolute atomic E-state index is 11.3. The van der Waals surface area contributed by atoms with E-state index in [4.69, 9.17) is 6.42 Å². The number of amides is 1. The van der Waals surface area contributed by atoms with Gasteiger partial charge in [0.2, 0.25) is 5.91 Å². The lowest BCUT2D eigenvalue weighted by Gasteiger charge is -2.11. The Morgan fingerprint density at radius 3 is 2.87 bits per heavy atom. The Labute approximate surface area is 90.1 Å². The normalized spacial score (nSPS) is 9.13. The first kappa shape index (κ1) is 11.1. The Morgan fingerprint density at radius 1 is 1.53 bits per heavy atom. The molecule has 3 nitrogen and oxygen atoms in total. The number of likely N-dealkylation sites (N-methyl/N-ethyl adjacent to an activating group) is 1. The summed E-state index contributed by atoms with van der Waals surface area (Å²) in [4.78, 5) is 12.8. The van der Waals surface area contributed by atoms with Crippen LogP contribution >= 0.6 is 0 Å². The van der Waals surface area contributed by atoms with Crippen LogP contribution in [0, 0.1) is 12.3 Å². The topological polar surface area (TPSA) is 32.3 Å². The molecule has 0 spiro atoms. The van der Waals surface area contributed by atoms with Crippen LogP contribution in [0.3, 0.4) is 0 Å². The number of anilines is 1.